The van der Waals surface area contributed by atoms with Gasteiger partial charge < -0.3 is 43.0 Å². The third-order valence-electron chi connectivity index (χ3n) is 13.3. The van der Waals surface area contributed by atoms with Crippen molar-refractivity contribution in [3.8, 4) is 11.8 Å². The molecule has 3 rings (SSSR count). The molecule has 11 nitrogen and oxygen atoms in total. The highest BCUT2D eigenvalue weighted by atomic mass is 16.6. The summed E-state index contributed by atoms with van der Waals surface area (Å²) in [7, 11) is 0. The fraction of sp³-hybridized carbons (Fsp3) is 0.710. The Morgan fingerprint density at radius 3 is 1.62 bits per heavy atom. The Morgan fingerprint density at radius 2 is 1.15 bits per heavy atom. The Bertz CT molecular complexity index is 1980. The van der Waals surface area contributed by atoms with Gasteiger partial charge in [0.25, 0.3) is 0 Å². The van der Waals surface area contributed by atoms with E-state index >= 15 is 0 Å². The summed E-state index contributed by atoms with van der Waals surface area (Å²) in [5, 5.41) is 10.8. The van der Waals surface area contributed by atoms with Gasteiger partial charge in [-0.05, 0) is 70.8 Å². The first-order valence-corrected chi connectivity index (χ1v) is 27.5. The number of aliphatic hydroxyl groups is 1. The molecule has 1 aliphatic heterocycles. The number of benzene rings is 1. The minimum atomic E-state index is -1.59. The molecule has 1 heterocycles. The number of esters is 2. The zero-order chi connectivity index (χ0) is 54.2. The maximum atomic E-state index is 13.7. The first-order chi connectivity index (χ1) is 34.6. The molecule has 1 aromatic carbocycles. The highest BCUT2D eigenvalue weighted by Crippen LogP contribution is 2.43. The molecule has 7 atom stereocenters. The molecule has 0 amide bonds. The smallest absolute Gasteiger partial charge is 0.340 e. The lowest BCUT2D eigenvalue weighted by atomic mass is 9.67. The summed E-state index contributed by atoms with van der Waals surface area (Å²) in [6, 6.07) is 5.20. The Labute approximate surface area is 442 Å². The second kappa shape index (κ2) is 32.1. The van der Waals surface area contributed by atoms with Crippen molar-refractivity contribution in [2.24, 2.45) is 22.7 Å². The van der Waals surface area contributed by atoms with E-state index < -0.39 is 77.5 Å². The maximum Gasteiger partial charge on any atom is 0.340 e. The molecule has 1 aliphatic carbocycles. The standard InChI is InChI=1S/C62H98O11/c1-16-17-18-19-20-21-22-23-24-25-36-66-53-54(69-39-33-45(4)5)51(67-37-27-29-44(2)3)52(55(70-40-34-46(6)7)56(53)71-41-35-47(8)9)68-38-28-31-48-30-26-32-49-50(48)58(64)73-62(49,42-63)43-72-59(65)57(60(10,11)12)61(13,14)15/h26-27,29-30,32-35,44,51-57,63H,16-25,36-43H2,1-15H3/b29-27+/t51-,52-,53+,54+,55+,56+,62+/m0/s1. The molecular formula is C62H98O11. The third kappa shape index (κ3) is 21.2. The van der Waals surface area contributed by atoms with Crippen molar-refractivity contribution in [2.45, 2.75) is 210 Å². The Kier molecular flexibility index (Phi) is 28.0. The van der Waals surface area contributed by atoms with Crippen molar-refractivity contribution in [1.82, 2.24) is 0 Å². The average molecular weight is 1020 g/mol. The van der Waals surface area contributed by atoms with Crippen molar-refractivity contribution in [3.05, 3.63) is 82.0 Å². The lowest BCUT2D eigenvalue weighted by molar-refractivity contribution is -0.274. The number of aliphatic hydroxyl groups excluding tert-OH is 1. The monoisotopic (exact) mass is 1020 g/mol. The number of cyclic esters (lactones) is 1. The van der Waals surface area contributed by atoms with Gasteiger partial charge in [0.15, 0.2) is 5.60 Å². The number of ether oxygens (including phenoxy) is 8. The number of allylic oxidation sites excluding steroid dienone is 4. The largest absolute Gasteiger partial charge is 0.461 e. The second-order valence-corrected chi connectivity index (χ2v) is 23.3. The van der Waals surface area contributed by atoms with Crippen LogP contribution >= 0.6 is 0 Å². The Hall–Kier alpha value is -3.60. The average Bonchev–Trinajstić information content (AvgIpc) is 3.59. The van der Waals surface area contributed by atoms with Crippen molar-refractivity contribution in [3.63, 3.8) is 0 Å². The highest BCUT2D eigenvalue weighted by molar-refractivity contribution is 5.97. The van der Waals surface area contributed by atoms with Crippen LogP contribution in [0.2, 0.25) is 0 Å². The van der Waals surface area contributed by atoms with E-state index in [1.54, 1.807) is 18.2 Å². The molecule has 0 unspecified atom stereocenters. The van der Waals surface area contributed by atoms with Gasteiger partial charge in [-0.15, -0.1) is 0 Å². The van der Waals surface area contributed by atoms with Crippen LogP contribution in [0.4, 0.5) is 0 Å². The summed E-state index contributed by atoms with van der Waals surface area (Å²) in [5.41, 5.74) is 1.99. The summed E-state index contributed by atoms with van der Waals surface area (Å²) in [5.74, 6) is 5.14. The van der Waals surface area contributed by atoms with Gasteiger partial charge in [0.1, 0.15) is 49.8 Å². The van der Waals surface area contributed by atoms with Crippen molar-refractivity contribution in [1.29, 1.82) is 0 Å². The van der Waals surface area contributed by atoms with Crippen LogP contribution in [-0.4, -0.2) is 107 Å². The van der Waals surface area contributed by atoms with Gasteiger partial charge >= 0.3 is 11.9 Å². The zero-order valence-corrected chi connectivity index (χ0v) is 48.0. The molecule has 0 saturated heterocycles. The normalized spacial score (nSPS) is 22.0. The van der Waals surface area contributed by atoms with E-state index in [0.29, 0.717) is 50.1 Å². The number of fused-ring (bicyclic) bond motifs is 1. The summed E-state index contributed by atoms with van der Waals surface area (Å²) in [4.78, 5) is 27.4. The van der Waals surface area contributed by atoms with Gasteiger partial charge in [0.2, 0.25) is 0 Å². The summed E-state index contributed by atoms with van der Waals surface area (Å²) < 4.78 is 53.0. The van der Waals surface area contributed by atoms with Crippen molar-refractivity contribution >= 4 is 11.9 Å². The SMILES string of the molecule is CCCCCCCCCCCCO[C@@H]1[C@H](OCC=C(C)C)[C@@H](OC/C=C/C(C)C)[C@H](OCC#Cc2cccc3c2C(=O)O[C@]3(CO)COC(=O)C(C(C)(C)C)C(C)(C)C)[C@@H](OCC=C(C)C)[C@@H]1OCC=C(C)C. The predicted octanol–water partition coefficient (Wildman–Crippen LogP) is 13.0. The fourth-order valence-electron chi connectivity index (χ4n) is 9.90. The number of carbonyl (C=O) groups excluding carboxylic acids is 2. The Morgan fingerprint density at radius 1 is 0.685 bits per heavy atom. The van der Waals surface area contributed by atoms with Crippen LogP contribution in [0.1, 0.15) is 190 Å². The molecule has 0 spiro atoms. The predicted molar refractivity (Wildman–Crippen MR) is 293 cm³/mol. The van der Waals surface area contributed by atoms with Gasteiger partial charge in [-0.1, -0.05) is 191 Å². The molecule has 0 radical (unpaired) electrons. The molecule has 2 aliphatic rings. The number of carbonyl (C=O) groups is 2. The maximum absolute atomic E-state index is 13.7. The van der Waals surface area contributed by atoms with Crippen LogP contribution in [-0.2, 0) is 48.3 Å². The van der Waals surface area contributed by atoms with Gasteiger partial charge in [-0.2, -0.15) is 0 Å². The lowest BCUT2D eigenvalue weighted by Gasteiger charge is -2.49. The molecule has 0 bridgehead atoms. The summed E-state index contributed by atoms with van der Waals surface area (Å²) in [6.45, 7) is 31.6. The quantitative estimate of drug-likeness (QED) is 0.0330. The zero-order valence-electron chi connectivity index (χ0n) is 48.0. The number of rotatable bonds is 31. The third-order valence-corrected chi connectivity index (χ3v) is 13.3. The van der Waals surface area contributed by atoms with Crippen LogP contribution in [0.15, 0.2) is 65.3 Å². The highest BCUT2D eigenvalue weighted by Gasteiger charge is 2.55. The summed E-state index contributed by atoms with van der Waals surface area (Å²) in [6.07, 6.45) is 18.6. The van der Waals surface area contributed by atoms with Gasteiger partial charge in [-0.3, -0.25) is 4.79 Å². The second-order valence-electron chi connectivity index (χ2n) is 23.3. The van der Waals surface area contributed by atoms with E-state index in [1.807, 2.05) is 95.2 Å². The minimum absolute atomic E-state index is 0.0666. The van der Waals surface area contributed by atoms with Gasteiger partial charge in [0.05, 0.1) is 44.5 Å². The number of unbranched alkanes of at least 4 members (excludes halogenated alkanes) is 9. The van der Waals surface area contributed by atoms with Crippen molar-refractivity contribution < 1.29 is 52.6 Å². The molecule has 73 heavy (non-hydrogen) atoms. The van der Waals surface area contributed by atoms with Crippen LogP contribution in [0.25, 0.3) is 0 Å². The van der Waals surface area contributed by atoms with Crippen LogP contribution < -0.4 is 0 Å². The molecule has 1 N–H and O–H groups in total. The molecule has 0 aromatic heterocycles. The molecule has 412 valence electrons. The van der Waals surface area contributed by atoms with Crippen molar-refractivity contribution in [2.75, 3.05) is 52.9 Å². The number of hydrogen-bond donors (Lipinski definition) is 1. The topological polar surface area (TPSA) is 128 Å². The van der Waals surface area contributed by atoms with E-state index in [1.165, 1.54) is 51.4 Å². The molecule has 1 saturated carbocycles. The molecule has 1 fully saturated rings. The fourth-order valence-corrected chi connectivity index (χ4v) is 9.90. The van der Waals surface area contributed by atoms with Crippen LogP contribution in [0, 0.1) is 34.5 Å². The van der Waals surface area contributed by atoms with Gasteiger partial charge in [-0.25, -0.2) is 4.79 Å². The first kappa shape index (κ1) is 63.7. The van der Waals surface area contributed by atoms with Crippen LogP contribution in [0.3, 0.4) is 0 Å². The van der Waals surface area contributed by atoms with E-state index in [-0.39, 0.29) is 18.8 Å². The van der Waals surface area contributed by atoms with Crippen LogP contribution in [0.5, 0.6) is 0 Å². The van der Waals surface area contributed by atoms with E-state index in [0.717, 1.165) is 29.6 Å². The number of hydrogen-bond acceptors (Lipinski definition) is 11. The Balaban J connectivity index is 2.06. The molecular weight excluding hydrogens is 921 g/mol. The van der Waals surface area contributed by atoms with E-state index in [2.05, 4.69) is 50.8 Å². The first-order valence-electron chi connectivity index (χ1n) is 27.5. The molecule has 11 heteroatoms. The molecule has 1 aromatic rings. The summed E-state index contributed by atoms with van der Waals surface area (Å²) >= 11 is 0. The van der Waals surface area contributed by atoms with E-state index in [4.69, 9.17) is 37.9 Å². The lowest BCUT2D eigenvalue weighted by Crippen LogP contribution is -2.67. The minimum Gasteiger partial charge on any atom is -0.461 e. The van der Waals surface area contributed by atoms with Gasteiger partial charge in [0, 0.05) is 17.7 Å². The van der Waals surface area contributed by atoms with E-state index in [9.17, 15) is 14.7 Å².